The SMILES string of the molecule is CCC(C)C(=O)OC1CCC(OC(C)(C)c2ccsc2)CC1. The summed E-state index contributed by atoms with van der Waals surface area (Å²) in [7, 11) is 0. The highest BCUT2D eigenvalue weighted by Crippen LogP contribution is 2.33. The van der Waals surface area contributed by atoms with E-state index in [2.05, 4.69) is 30.7 Å². The van der Waals surface area contributed by atoms with Crippen molar-refractivity contribution in [2.45, 2.75) is 77.6 Å². The number of ether oxygens (including phenoxy) is 2. The molecule has 3 nitrogen and oxygen atoms in total. The molecule has 0 spiro atoms. The molecule has 1 unspecified atom stereocenters. The molecule has 1 atom stereocenters. The van der Waals surface area contributed by atoms with Crippen molar-refractivity contribution in [2.24, 2.45) is 5.92 Å². The molecule has 1 fully saturated rings. The van der Waals surface area contributed by atoms with Crippen LogP contribution in [0.5, 0.6) is 0 Å². The van der Waals surface area contributed by atoms with Crippen LogP contribution in [0, 0.1) is 5.92 Å². The molecule has 0 radical (unpaired) electrons. The van der Waals surface area contributed by atoms with Crippen LogP contribution in [0.1, 0.15) is 65.4 Å². The third-order valence-electron chi connectivity index (χ3n) is 4.60. The van der Waals surface area contributed by atoms with Gasteiger partial charge in [0, 0.05) is 0 Å². The maximum absolute atomic E-state index is 11.9. The summed E-state index contributed by atoms with van der Waals surface area (Å²) in [6.45, 7) is 8.21. The Balaban J connectivity index is 1.79. The van der Waals surface area contributed by atoms with E-state index in [4.69, 9.17) is 9.47 Å². The molecule has 2 rings (SSSR count). The monoisotopic (exact) mass is 324 g/mol. The Morgan fingerprint density at radius 2 is 1.95 bits per heavy atom. The zero-order valence-electron chi connectivity index (χ0n) is 14.1. The van der Waals surface area contributed by atoms with Crippen molar-refractivity contribution < 1.29 is 14.3 Å². The number of thiophene rings is 1. The van der Waals surface area contributed by atoms with Gasteiger partial charge >= 0.3 is 5.97 Å². The molecule has 4 heteroatoms. The van der Waals surface area contributed by atoms with E-state index in [-0.39, 0.29) is 29.7 Å². The van der Waals surface area contributed by atoms with Gasteiger partial charge in [0.1, 0.15) is 6.10 Å². The van der Waals surface area contributed by atoms with E-state index in [1.165, 1.54) is 5.56 Å². The lowest BCUT2D eigenvalue weighted by atomic mass is 9.93. The molecule has 1 heterocycles. The van der Waals surface area contributed by atoms with Crippen LogP contribution in [-0.2, 0) is 19.9 Å². The summed E-state index contributed by atoms with van der Waals surface area (Å²) in [5.74, 6) is -0.0445. The summed E-state index contributed by atoms with van der Waals surface area (Å²) >= 11 is 1.70. The summed E-state index contributed by atoms with van der Waals surface area (Å²) in [6.07, 6.45) is 4.92. The summed E-state index contributed by atoms with van der Waals surface area (Å²) in [6, 6.07) is 2.13. The molecule has 1 aliphatic carbocycles. The fourth-order valence-corrected chi connectivity index (χ4v) is 3.62. The van der Waals surface area contributed by atoms with Crippen LogP contribution < -0.4 is 0 Å². The molecule has 124 valence electrons. The van der Waals surface area contributed by atoms with Crippen molar-refractivity contribution in [3.63, 3.8) is 0 Å². The lowest BCUT2D eigenvalue weighted by molar-refractivity contribution is -0.159. The second kappa shape index (κ2) is 7.60. The van der Waals surface area contributed by atoms with E-state index in [1.54, 1.807) is 11.3 Å². The minimum Gasteiger partial charge on any atom is -0.462 e. The zero-order valence-corrected chi connectivity index (χ0v) is 14.9. The van der Waals surface area contributed by atoms with E-state index in [0.29, 0.717) is 0 Å². The quantitative estimate of drug-likeness (QED) is 0.698. The largest absolute Gasteiger partial charge is 0.462 e. The molecular weight excluding hydrogens is 296 g/mol. The minimum absolute atomic E-state index is 0.00602. The second-order valence-corrected chi connectivity index (χ2v) is 7.57. The summed E-state index contributed by atoms with van der Waals surface area (Å²) < 4.78 is 11.9. The number of rotatable bonds is 6. The highest BCUT2D eigenvalue weighted by molar-refractivity contribution is 7.08. The molecule has 1 aromatic rings. The van der Waals surface area contributed by atoms with Gasteiger partial charge in [0.05, 0.1) is 17.6 Å². The van der Waals surface area contributed by atoms with Crippen LogP contribution in [0.4, 0.5) is 0 Å². The van der Waals surface area contributed by atoms with E-state index in [1.807, 2.05) is 13.8 Å². The van der Waals surface area contributed by atoms with Crippen LogP contribution >= 0.6 is 11.3 Å². The minimum atomic E-state index is -0.245. The summed E-state index contributed by atoms with van der Waals surface area (Å²) in [5, 5.41) is 4.24. The molecule has 0 aliphatic heterocycles. The van der Waals surface area contributed by atoms with Gasteiger partial charge < -0.3 is 9.47 Å². The van der Waals surface area contributed by atoms with Gasteiger partial charge in [-0.05, 0) is 68.3 Å². The molecule has 0 bridgehead atoms. The average Bonchev–Trinajstić information content (AvgIpc) is 3.03. The molecule has 0 amide bonds. The first-order valence-corrected chi connectivity index (χ1v) is 9.27. The van der Waals surface area contributed by atoms with Gasteiger partial charge in [-0.15, -0.1) is 0 Å². The maximum Gasteiger partial charge on any atom is 0.308 e. The van der Waals surface area contributed by atoms with E-state index in [0.717, 1.165) is 32.1 Å². The van der Waals surface area contributed by atoms with Gasteiger partial charge in [0.2, 0.25) is 0 Å². The second-order valence-electron chi connectivity index (χ2n) is 6.79. The summed E-state index contributed by atoms with van der Waals surface area (Å²) in [5.41, 5.74) is 0.994. The third kappa shape index (κ3) is 4.56. The van der Waals surface area contributed by atoms with Gasteiger partial charge in [-0.25, -0.2) is 0 Å². The van der Waals surface area contributed by atoms with Gasteiger partial charge in [0.15, 0.2) is 0 Å². The Hall–Kier alpha value is -0.870. The number of esters is 1. The lowest BCUT2D eigenvalue weighted by Gasteiger charge is -2.35. The molecule has 0 saturated heterocycles. The molecule has 0 N–H and O–H groups in total. The van der Waals surface area contributed by atoms with Crippen molar-refractivity contribution in [1.82, 2.24) is 0 Å². The van der Waals surface area contributed by atoms with Crippen LogP contribution in [0.3, 0.4) is 0 Å². The van der Waals surface area contributed by atoms with Crippen LogP contribution in [0.25, 0.3) is 0 Å². The fraction of sp³-hybridized carbons (Fsp3) is 0.722. The van der Waals surface area contributed by atoms with E-state index >= 15 is 0 Å². The summed E-state index contributed by atoms with van der Waals surface area (Å²) in [4.78, 5) is 11.9. The Morgan fingerprint density at radius 1 is 1.32 bits per heavy atom. The van der Waals surface area contributed by atoms with Crippen molar-refractivity contribution in [3.8, 4) is 0 Å². The van der Waals surface area contributed by atoms with Gasteiger partial charge in [-0.3, -0.25) is 4.79 Å². The molecule has 0 aromatic carbocycles. The molecule has 1 saturated carbocycles. The predicted octanol–water partition coefficient (Wildman–Crippen LogP) is 4.90. The number of hydrogen-bond acceptors (Lipinski definition) is 4. The first kappa shape index (κ1) is 17.5. The molecular formula is C18H28O3S. The molecule has 1 aliphatic rings. The first-order valence-electron chi connectivity index (χ1n) is 8.33. The van der Waals surface area contributed by atoms with Crippen LogP contribution in [0.15, 0.2) is 16.8 Å². The van der Waals surface area contributed by atoms with Crippen molar-refractivity contribution in [2.75, 3.05) is 0 Å². The highest BCUT2D eigenvalue weighted by atomic mass is 32.1. The Morgan fingerprint density at radius 3 is 2.50 bits per heavy atom. The average molecular weight is 324 g/mol. The third-order valence-corrected chi connectivity index (χ3v) is 5.28. The lowest BCUT2D eigenvalue weighted by Crippen LogP contribution is -2.34. The highest BCUT2D eigenvalue weighted by Gasteiger charge is 2.31. The van der Waals surface area contributed by atoms with Crippen molar-refractivity contribution in [1.29, 1.82) is 0 Å². The maximum atomic E-state index is 11.9. The first-order chi connectivity index (χ1) is 10.4. The fourth-order valence-electron chi connectivity index (χ4n) is 2.81. The van der Waals surface area contributed by atoms with Crippen molar-refractivity contribution in [3.05, 3.63) is 22.4 Å². The zero-order chi connectivity index (χ0) is 16.2. The van der Waals surface area contributed by atoms with Crippen LogP contribution in [-0.4, -0.2) is 18.2 Å². The topological polar surface area (TPSA) is 35.5 Å². The smallest absolute Gasteiger partial charge is 0.308 e. The molecule has 22 heavy (non-hydrogen) atoms. The Bertz CT molecular complexity index is 459. The predicted molar refractivity (Wildman–Crippen MR) is 90.0 cm³/mol. The number of carbonyl (C=O) groups excluding carboxylic acids is 1. The van der Waals surface area contributed by atoms with Gasteiger partial charge in [0.25, 0.3) is 0 Å². The van der Waals surface area contributed by atoms with Gasteiger partial charge in [-0.1, -0.05) is 13.8 Å². The Kier molecular flexibility index (Phi) is 6.04. The Labute approximate surface area is 138 Å². The van der Waals surface area contributed by atoms with E-state index in [9.17, 15) is 4.79 Å². The normalized spacial score (nSPS) is 24.0. The van der Waals surface area contributed by atoms with Crippen LogP contribution in [0.2, 0.25) is 0 Å². The number of hydrogen-bond donors (Lipinski definition) is 0. The van der Waals surface area contributed by atoms with Gasteiger partial charge in [-0.2, -0.15) is 11.3 Å². The van der Waals surface area contributed by atoms with E-state index < -0.39 is 0 Å². The van der Waals surface area contributed by atoms with Crippen molar-refractivity contribution >= 4 is 17.3 Å². The molecule has 1 aromatic heterocycles. The number of carbonyl (C=O) groups is 1. The standard InChI is InChI=1S/C18H28O3S/c1-5-13(2)17(19)20-15-6-8-16(9-7-15)21-18(3,4)14-10-11-22-12-14/h10-13,15-16H,5-9H2,1-4H3.